The number of nitrogen functional groups attached to an aromatic ring is 1. The Morgan fingerprint density at radius 2 is 2.16 bits per heavy atom. The minimum absolute atomic E-state index is 0.380. The highest BCUT2D eigenvalue weighted by molar-refractivity contribution is 7.16. The van der Waals surface area contributed by atoms with Crippen LogP contribution in [0.2, 0.25) is 0 Å². The largest absolute Gasteiger partial charge is 0.484 e. The van der Waals surface area contributed by atoms with Gasteiger partial charge < -0.3 is 10.5 Å². The number of aryl methyl sites for hydroxylation is 1. The number of fused-ring (bicyclic) bond motifs is 1. The summed E-state index contributed by atoms with van der Waals surface area (Å²) in [6.45, 7) is 2.40. The molecule has 19 heavy (non-hydrogen) atoms. The number of nitrogens with two attached hydrogens (primary N) is 1. The fourth-order valence-electron chi connectivity index (χ4n) is 1.73. The first kappa shape index (κ1) is 11.9. The molecule has 0 radical (unpaired) electrons. The van der Waals surface area contributed by atoms with Crippen LogP contribution in [0.1, 0.15) is 17.8 Å². The van der Waals surface area contributed by atoms with Gasteiger partial charge in [0.2, 0.25) is 4.96 Å². The van der Waals surface area contributed by atoms with Crippen molar-refractivity contribution in [3.8, 4) is 5.75 Å². The smallest absolute Gasteiger partial charge is 0.234 e. The number of rotatable bonds is 4. The number of benzene rings is 1. The SMILES string of the molecule is CCc1nnc2sc(COc3ccccc3N)nn12. The lowest BCUT2D eigenvalue weighted by Crippen LogP contribution is -2.00. The quantitative estimate of drug-likeness (QED) is 0.736. The van der Waals surface area contributed by atoms with Crippen molar-refractivity contribution < 1.29 is 4.74 Å². The van der Waals surface area contributed by atoms with E-state index in [-0.39, 0.29) is 0 Å². The molecule has 7 heteroatoms. The molecule has 2 heterocycles. The number of nitrogens with zero attached hydrogens (tertiary/aromatic N) is 4. The van der Waals surface area contributed by atoms with Gasteiger partial charge in [0.1, 0.15) is 12.4 Å². The fraction of sp³-hybridized carbons (Fsp3) is 0.250. The monoisotopic (exact) mass is 275 g/mol. The zero-order valence-electron chi connectivity index (χ0n) is 10.4. The molecule has 0 aliphatic heterocycles. The first-order valence-corrected chi connectivity index (χ1v) is 6.77. The van der Waals surface area contributed by atoms with Gasteiger partial charge in [0.15, 0.2) is 10.8 Å². The molecule has 2 N–H and O–H groups in total. The molecule has 98 valence electrons. The standard InChI is InChI=1S/C12H13N5OS/c1-2-10-14-15-12-17(10)16-11(19-12)7-18-9-6-4-3-5-8(9)13/h3-6H,2,7,13H2,1H3. The summed E-state index contributed by atoms with van der Waals surface area (Å²) in [5.41, 5.74) is 6.44. The third kappa shape index (κ3) is 2.24. The average Bonchev–Trinajstić information content (AvgIpc) is 2.97. The second-order valence-corrected chi connectivity index (χ2v) is 5.03. The molecule has 0 aliphatic carbocycles. The summed E-state index contributed by atoms with van der Waals surface area (Å²) in [6.07, 6.45) is 0.802. The van der Waals surface area contributed by atoms with E-state index < -0.39 is 0 Å². The van der Waals surface area contributed by atoms with Crippen LogP contribution in [-0.2, 0) is 13.0 Å². The Labute approximate surface area is 113 Å². The summed E-state index contributed by atoms with van der Waals surface area (Å²) < 4.78 is 7.42. The summed E-state index contributed by atoms with van der Waals surface area (Å²) in [4.78, 5) is 0.788. The van der Waals surface area contributed by atoms with E-state index in [9.17, 15) is 0 Å². The number of ether oxygens (including phenoxy) is 1. The Morgan fingerprint density at radius 1 is 1.32 bits per heavy atom. The molecule has 0 spiro atoms. The van der Waals surface area contributed by atoms with Crippen molar-refractivity contribution in [2.45, 2.75) is 20.0 Å². The second-order valence-electron chi connectivity index (χ2n) is 3.99. The highest BCUT2D eigenvalue weighted by atomic mass is 32.1. The Morgan fingerprint density at radius 3 is 2.95 bits per heavy atom. The van der Waals surface area contributed by atoms with Gasteiger partial charge in [-0.25, -0.2) is 0 Å². The molecule has 6 nitrogen and oxygen atoms in total. The highest BCUT2D eigenvalue weighted by Crippen LogP contribution is 2.22. The molecule has 3 rings (SSSR count). The molecule has 0 fully saturated rings. The Bertz CT molecular complexity index is 705. The van der Waals surface area contributed by atoms with E-state index in [2.05, 4.69) is 15.3 Å². The van der Waals surface area contributed by atoms with Gasteiger partial charge in [-0.1, -0.05) is 30.4 Å². The van der Waals surface area contributed by atoms with Crippen LogP contribution in [0.5, 0.6) is 5.75 Å². The Kier molecular flexibility index (Phi) is 3.04. The molecule has 0 saturated heterocycles. The summed E-state index contributed by atoms with van der Waals surface area (Å²) in [5.74, 6) is 1.53. The summed E-state index contributed by atoms with van der Waals surface area (Å²) in [6, 6.07) is 7.41. The molecule has 3 aromatic rings. The van der Waals surface area contributed by atoms with Crippen LogP contribution in [-0.4, -0.2) is 19.8 Å². The maximum absolute atomic E-state index is 5.82. The molecule has 2 aromatic heterocycles. The van der Waals surface area contributed by atoms with Gasteiger partial charge >= 0.3 is 0 Å². The number of anilines is 1. The third-order valence-electron chi connectivity index (χ3n) is 2.68. The molecule has 0 amide bonds. The third-order valence-corrected chi connectivity index (χ3v) is 3.56. The van der Waals surface area contributed by atoms with E-state index in [0.717, 1.165) is 22.2 Å². The molecule has 1 aromatic carbocycles. The summed E-state index contributed by atoms with van der Waals surface area (Å²) >= 11 is 1.47. The molecular formula is C12H13N5OS. The zero-order chi connectivity index (χ0) is 13.2. The van der Waals surface area contributed by atoms with Crippen LogP contribution in [0.3, 0.4) is 0 Å². The fourth-order valence-corrected chi connectivity index (χ4v) is 2.49. The Hall–Kier alpha value is -2.15. The topological polar surface area (TPSA) is 78.3 Å². The lowest BCUT2D eigenvalue weighted by molar-refractivity contribution is 0.305. The number of hydrogen-bond donors (Lipinski definition) is 1. The van der Waals surface area contributed by atoms with Gasteiger partial charge in [-0.3, -0.25) is 0 Å². The highest BCUT2D eigenvalue weighted by Gasteiger charge is 2.10. The van der Waals surface area contributed by atoms with Crippen molar-refractivity contribution in [2.75, 3.05) is 5.73 Å². The molecule has 0 saturated carbocycles. The summed E-state index contributed by atoms with van der Waals surface area (Å²) in [7, 11) is 0. The van der Waals surface area contributed by atoms with Crippen LogP contribution in [0, 0.1) is 0 Å². The van der Waals surface area contributed by atoms with Crippen molar-refractivity contribution >= 4 is 22.0 Å². The zero-order valence-corrected chi connectivity index (χ0v) is 11.2. The molecule has 0 unspecified atom stereocenters. The number of para-hydroxylation sites is 2. The molecule has 0 atom stereocenters. The maximum Gasteiger partial charge on any atom is 0.234 e. The van der Waals surface area contributed by atoms with E-state index >= 15 is 0 Å². The van der Waals surface area contributed by atoms with Crippen LogP contribution in [0.4, 0.5) is 5.69 Å². The summed E-state index contributed by atoms with van der Waals surface area (Å²) in [5, 5.41) is 13.4. The van der Waals surface area contributed by atoms with Gasteiger partial charge in [-0.15, -0.1) is 10.2 Å². The van der Waals surface area contributed by atoms with E-state index in [1.807, 2.05) is 31.2 Å². The minimum atomic E-state index is 0.380. The molecular weight excluding hydrogens is 262 g/mol. The van der Waals surface area contributed by atoms with Crippen molar-refractivity contribution in [1.82, 2.24) is 19.8 Å². The second kappa shape index (κ2) is 4.85. The van der Waals surface area contributed by atoms with Gasteiger partial charge in [0, 0.05) is 6.42 Å². The number of hydrogen-bond acceptors (Lipinski definition) is 6. The molecule has 0 aliphatic rings. The van der Waals surface area contributed by atoms with Gasteiger partial charge in [0.25, 0.3) is 0 Å². The lowest BCUT2D eigenvalue weighted by Gasteiger charge is -2.05. The van der Waals surface area contributed by atoms with Crippen molar-refractivity contribution in [2.24, 2.45) is 0 Å². The van der Waals surface area contributed by atoms with Crippen LogP contribution < -0.4 is 10.5 Å². The first-order chi connectivity index (χ1) is 9.28. The van der Waals surface area contributed by atoms with Crippen LogP contribution >= 0.6 is 11.3 Å². The van der Waals surface area contributed by atoms with Crippen LogP contribution in [0.15, 0.2) is 24.3 Å². The average molecular weight is 275 g/mol. The van der Waals surface area contributed by atoms with Crippen molar-refractivity contribution in [3.05, 3.63) is 35.1 Å². The predicted octanol–water partition coefficient (Wildman–Crippen LogP) is 1.91. The van der Waals surface area contributed by atoms with Crippen LogP contribution in [0.25, 0.3) is 4.96 Å². The van der Waals surface area contributed by atoms with E-state index in [4.69, 9.17) is 10.5 Å². The minimum Gasteiger partial charge on any atom is -0.484 e. The number of aromatic nitrogens is 4. The van der Waals surface area contributed by atoms with Gasteiger partial charge in [-0.2, -0.15) is 9.61 Å². The lowest BCUT2D eigenvalue weighted by atomic mass is 10.3. The molecule has 0 bridgehead atoms. The Balaban J connectivity index is 1.78. The van der Waals surface area contributed by atoms with E-state index in [1.165, 1.54) is 11.3 Å². The van der Waals surface area contributed by atoms with Crippen molar-refractivity contribution in [3.63, 3.8) is 0 Å². The van der Waals surface area contributed by atoms with Gasteiger partial charge in [0.05, 0.1) is 5.69 Å². The van der Waals surface area contributed by atoms with Gasteiger partial charge in [-0.05, 0) is 12.1 Å². The maximum atomic E-state index is 5.82. The first-order valence-electron chi connectivity index (χ1n) is 5.95. The van der Waals surface area contributed by atoms with E-state index in [1.54, 1.807) is 4.52 Å². The van der Waals surface area contributed by atoms with E-state index in [0.29, 0.717) is 18.0 Å². The van der Waals surface area contributed by atoms with Crippen molar-refractivity contribution in [1.29, 1.82) is 0 Å². The normalized spacial score (nSPS) is 11.0. The predicted molar refractivity (Wildman–Crippen MR) is 73.2 cm³/mol.